The molecule has 0 spiro atoms. The average molecular weight is 259 g/mol. The molecule has 1 aliphatic heterocycles. The summed E-state index contributed by atoms with van der Waals surface area (Å²) in [4.78, 5) is 27.4. The van der Waals surface area contributed by atoms with E-state index in [0.29, 0.717) is 18.8 Å². The SMILES string of the molecule is O=C=C1C2C(CN1OCc1ccccc1)C2C(=O)O. The van der Waals surface area contributed by atoms with Gasteiger partial charge in [0.15, 0.2) is 0 Å². The van der Waals surface area contributed by atoms with Gasteiger partial charge >= 0.3 is 5.97 Å². The van der Waals surface area contributed by atoms with Gasteiger partial charge in [-0.05, 0) is 5.56 Å². The molecule has 1 saturated carbocycles. The molecule has 1 aliphatic carbocycles. The normalized spacial score (nSPS) is 27.9. The van der Waals surface area contributed by atoms with Crippen LogP contribution in [0.15, 0.2) is 36.0 Å². The van der Waals surface area contributed by atoms with E-state index in [1.165, 1.54) is 5.06 Å². The van der Waals surface area contributed by atoms with E-state index in [-0.39, 0.29) is 11.8 Å². The zero-order valence-corrected chi connectivity index (χ0v) is 10.2. The second kappa shape index (κ2) is 4.53. The summed E-state index contributed by atoms with van der Waals surface area (Å²) < 4.78 is 0. The van der Waals surface area contributed by atoms with E-state index in [1.54, 1.807) is 0 Å². The van der Waals surface area contributed by atoms with Crippen molar-refractivity contribution < 1.29 is 19.5 Å². The highest BCUT2D eigenvalue weighted by atomic mass is 16.7. The van der Waals surface area contributed by atoms with Crippen molar-refractivity contribution in [3.63, 3.8) is 0 Å². The largest absolute Gasteiger partial charge is 0.481 e. The molecule has 5 nitrogen and oxygen atoms in total. The maximum absolute atomic E-state index is 11.0. The molecule has 0 aromatic heterocycles. The number of nitrogens with zero attached hydrogens (tertiary/aromatic N) is 1. The van der Waals surface area contributed by atoms with E-state index >= 15 is 0 Å². The van der Waals surface area contributed by atoms with Crippen molar-refractivity contribution in [2.75, 3.05) is 6.54 Å². The monoisotopic (exact) mass is 259 g/mol. The molecular formula is C14H13NO4. The van der Waals surface area contributed by atoms with Crippen LogP contribution < -0.4 is 0 Å². The molecule has 0 radical (unpaired) electrons. The van der Waals surface area contributed by atoms with Gasteiger partial charge in [-0.25, -0.2) is 9.86 Å². The fourth-order valence-electron chi connectivity index (χ4n) is 2.73. The summed E-state index contributed by atoms with van der Waals surface area (Å²) in [5.41, 5.74) is 1.34. The maximum atomic E-state index is 11.0. The summed E-state index contributed by atoms with van der Waals surface area (Å²) in [6.45, 7) is 0.822. The van der Waals surface area contributed by atoms with Crippen LogP contribution in [0, 0.1) is 17.8 Å². The highest BCUT2D eigenvalue weighted by molar-refractivity contribution is 5.77. The fraction of sp³-hybridized carbons (Fsp3) is 0.357. The smallest absolute Gasteiger partial charge is 0.307 e. The van der Waals surface area contributed by atoms with Gasteiger partial charge in [0.1, 0.15) is 11.6 Å². The number of carboxylic acids is 1. The molecule has 1 aromatic carbocycles. The van der Waals surface area contributed by atoms with E-state index in [9.17, 15) is 9.59 Å². The summed E-state index contributed by atoms with van der Waals surface area (Å²) in [6.07, 6.45) is 0. The van der Waals surface area contributed by atoms with Crippen molar-refractivity contribution in [3.8, 4) is 0 Å². The lowest BCUT2D eigenvalue weighted by Crippen LogP contribution is -2.25. The molecule has 3 unspecified atom stereocenters. The summed E-state index contributed by atoms with van der Waals surface area (Å²) >= 11 is 0. The first kappa shape index (κ1) is 12.0. The molecular weight excluding hydrogens is 246 g/mol. The van der Waals surface area contributed by atoms with Gasteiger partial charge in [0.05, 0.1) is 19.1 Å². The molecule has 5 heteroatoms. The quantitative estimate of drug-likeness (QED) is 0.820. The number of hydrogen-bond donors (Lipinski definition) is 1. The number of hydroxylamine groups is 2. The van der Waals surface area contributed by atoms with Crippen molar-refractivity contribution in [2.45, 2.75) is 6.61 Å². The van der Waals surface area contributed by atoms with Crippen LogP contribution >= 0.6 is 0 Å². The lowest BCUT2D eigenvalue weighted by molar-refractivity contribution is -0.148. The summed E-state index contributed by atoms with van der Waals surface area (Å²) in [5, 5.41) is 10.5. The van der Waals surface area contributed by atoms with Crippen LogP contribution in [0.3, 0.4) is 0 Å². The molecule has 98 valence electrons. The number of piperidine rings is 1. The van der Waals surface area contributed by atoms with Gasteiger partial charge in [0.2, 0.25) is 0 Å². The minimum Gasteiger partial charge on any atom is -0.481 e. The highest BCUT2D eigenvalue weighted by Gasteiger charge is 2.64. The Kier molecular flexibility index (Phi) is 2.85. The first-order valence-electron chi connectivity index (χ1n) is 6.14. The minimum atomic E-state index is -0.842. The molecule has 2 fully saturated rings. The molecule has 2 aliphatic rings. The molecule has 1 heterocycles. The van der Waals surface area contributed by atoms with Gasteiger partial charge < -0.3 is 5.11 Å². The Morgan fingerprint density at radius 3 is 2.79 bits per heavy atom. The van der Waals surface area contributed by atoms with Gasteiger partial charge in [0, 0.05) is 11.8 Å². The number of carboxylic acid groups (broad SMARTS) is 1. The zero-order chi connectivity index (χ0) is 13.4. The highest BCUT2D eigenvalue weighted by Crippen LogP contribution is 2.56. The molecule has 3 atom stereocenters. The van der Waals surface area contributed by atoms with Crippen LogP contribution in [0.4, 0.5) is 0 Å². The summed E-state index contributed by atoms with van der Waals surface area (Å²) in [7, 11) is 0. The van der Waals surface area contributed by atoms with E-state index in [2.05, 4.69) is 0 Å². The first-order chi connectivity index (χ1) is 9.22. The fourth-order valence-corrected chi connectivity index (χ4v) is 2.73. The predicted molar refractivity (Wildman–Crippen MR) is 65.2 cm³/mol. The van der Waals surface area contributed by atoms with Crippen LogP contribution in [0.1, 0.15) is 5.56 Å². The molecule has 19 heavy (non-hydrogen) atoms. The molecule has 0 amide bonds. The second-order valence-corrected chi connectivity index (χ2v) is 4.86. The van der Waals surface area contributed by atoms with Crippen molar-refractivity contribution in [3.05, 3.63) is 41.6 Å². The number of allylic oxidation sites excluding steroid dienone is 1. The van der Waals surface area contributed by atoms with Crippen LogP contribution in [0.2, 0.25) is 0 Å². The van der Waals surface area contributed by atoms with E-state index < -0.39 is 11.9 Å². The second-order valence-electron chi connectivity index (χ2n) is 4.86. The summed E-state index contributed by atoms with van der Waals surface area (Å²) in [6, 6.07) is 9.61. The summed E-state index contributed by atoms with van der Waals surface area (Å²) in [5.74, 6) is 0.325. The first-order valence-corrected chi connectivity index (χ1v) is 6.14. The van der Waals surface area contributed by atoms with Crippen molar-refractivity contribution in [2.24, 2.45) is 17.8 Å². The Morgan fingerprint density at radius 2 is 2.16 bits per heavy atom. The molecule has 1 saturated heterocycles. The number of carbonyl (C=O) groups is 1. The Bertz CT molecular complexity index is 550. The number of carbonyl (C=O) groups excluding carboxylic acids is 1. The number of aliphatic carboxylic acids is 1. The Labute approximate surface area is 110 Å². The Hall–Kier alpha value is -2.10. The van der Waals surface area contributed by atoms with Crippen molar-refractivity contribution in [1.82, 2.24) is 5.06 Å². The van der Waals surface area contributed by atoms with Crippen LogP contribution in [-0.4, -0.2) is 28.6 Å². The molecule has 0 bridgehead atoms. The number of hydrogen-bond acceptors (Lipinski definition) is 4. The van der Waals surface area contributed by atoms with Gasteiger partial charge in [-0.15, -0.1) is 0 Å². The van der Waals surface area contributed by atoms with Crippen LogP contribution in [0.5, 0.6) is 0 Å². The van der Waals surface area contributed by atoms with Gasteiger partial charge in [0.25, 0.3) is 0 Å². The molecule has 3 rings (SSSR count). The third-order valence-corrected chi connectivity index (χ3v) is 3.75. The van der Waals surface area contributed by atoms with Crippen LogP contribution in [0.25, 0.3) is 0 Å². The Balaban J connectivity index is 1.63. The topological polar surface area (TPSA) is 66.8 Å². The third kappa shape index (κ3) is 2.03. The number of fused-ring (bicyclic) bond motifs is 1. The number of benzene rings is 1. The van der Waals surface area contributed by atoms with E-state index in [0.717, 1.165) is 5.56 Å². The van der Waals surface area contributed by atoms with Gasteiger partial charge in [-0.2, -0.15) is 0 Å². The zero-order valence-electron chi connectivity index (χ0n) is 10.2. The standard InChI is InChI=1S/C14H13NO4/c16-7-11-12-10(13(12)14(17)18)6-15(11)19-8-9-4-2-1-3-5-9/h1-5,10,12-13H,6,8H2,(H,17,18). The van der Waals surface area contributed by atoms with E-state index in [4.69, 9.17) is 9.94 Å². The minimum absolute atomic E-state index is 0.00952. The average Bonchev–Trinajstić information content (AvgIpc) is 3.01. The van der Waals surface area contributed by atoms with Crippen molar-refractivity contribution in [1.29, 1.82) is 0 Å². The molecule has 1 N–H and O–H groups in total. The van der Waals surface area contributed by atoms with Gasteiger partial charge in [-0.1, -0.05) is 30.3 Å². The molecule has 1 aromatic rings. The predicted octanol–water partition coefficient (Wildman–Crippen LogP) is 1.10. The van der Waals surface area contributed by atoms with Gasteiger partial charge in [-0.3, -0.25) is 9.63 Å². The maximum Gasteiger partial charge on any atom is 0.307 e. The lowest BCUT2D eigenvalue weighted by Gasteiger charge is -2.20. The van der Waals surface area contributed by atoms with Crippen LogP contribution in [-0.2, 0) is 21.0 Å². The lowest BCUT2D eigenvalue weighted by atomic mass is 10.2. The third-order valence-electron chi connectivity index (χ3n) is 3.75. The Morgan fingerprint density at radius 1 is 1.42 bits per heavy atom. The number of rotatable bonds is 4. The van der Waals surface area contributed by atoms with E-state index in [1.807, 2.05) is 36.3 Å². The van der Waals surface area contributed by atoms with Crippen molar-refractivity contribution >= 4 is 11.9 Å².